The van der Waals surface area contributed by atoms with Crippen molar-refractivity contribution in [2.75, 3.05) is 0 Å². The molecule has 0 aliphatic carbocycles. The molecule has 2 aromatic heterocycles. The van der Waals surface area contributed by atoms with E-state index >= 15 is 0 Å². The first-order chi connectivity index (χ1) is 14.7. The summed E-state index contributed by atoms with van der Waals surface area (Å²) >= 11 is 0. The molecule has 31 heavy (non-hydrogen) atoms. The van der Waals surface area contributed by atoms with Crippen LogP contribution in [0, 0.1) is 24.2 Å². The molecule has 0 atom stereocenters. The maximum absolute atomic E-state index is 13.6. The first kappa shape index (κ1) is 21.6. The number of nitrogens with one attached hydrogen (secondary N) is 1. The molecular weight excluding hydrogens is 401 g/mol. The second-order valence-corrected chi connectivity index (χ2v) is 7.40. The van der Waals surface area contributed by atoms with E-state index in [4.69, 9.17) is 0 Å². The van der Waals surface area contributed by atoms with Crippen LogP contribution in [0.2, 0.25) is 0 Å². The van der Waals surface area contributed by atoms with E-state index in [1.165, 1.54) is 29.0 Å². The number of oxime groups is 1. The molecule has 0 spiro atoms. The van der Waals surface area contributed by atoms with Crippen molar-refractivity contribution in [1.82, 2.24) is 14.5 Å². The van der Waals surface area contributed by atoms with Crippen LogP contribution in [0.1, 0.15) is 53.3 Å². The van der Waals surface area contributed by atoms with E-state index in [1.807, 2.05) is 6.07 Å². The van der Waals surface area contributed by atoms with Crippen molar-refractivity contribution >= 4 is 5.71 Å². The topological polar surface area (TPSA) is 124 Å². The van der Waals surface area contributed by atoms with Gasteiger partial charge in [0.25, 0.3) is 5.56 Å². The summed E-state index contributed by atoms with van der Waals surface area (Å²) in [6, 6.07) is 9.60. The quantitative estimate of drug-likeness (QED) is 0.284. The van der Waals surface area contributed by atoms with Crippen LogP contribution in [0.25, 0.3) is 0 Å². The Hall–Kier alpha value is -4.06. The minimum atomic E-state index is -0.740. The van der Waals surface area contributed by atoms with Gasteiger partial charge < -0.3 is 5.21 Å². The van der Waals surface area contributed by atoms with E-state index in [2.05, 4.69) is 15.1 Å². The van der Waals surface area contributed by atoms with Gasteiger partial charge in [0.15, 0.2) is 0 Å². The van der Waals surface area contributed by atoms with E-state index in [-0.39, 0.29) is 29.4 Å². The van der Waals surface area contributed by atoms with Crippen LogP contribution in [0.5, 0.6) is 0 Å². The van der Waals surface area contributed by atoms with Crippen LogP contribution in [0.3, 0.4) is 0 Å². The molecule has 2 heterocycles. The van der Waals surface area contributed by atoms with Crippen molar-refractivity contribution in [2.45, 2.75) is 33.2 Å². The van der Waals surface area contributed by atoms with Gasteiger partial charge in [-0.25, -0.2) is 9.78 Å². The lowest BCUT2D eigenvalue weighted by Gasteiger charge is -2.19. The van der Waals surface area contributed by atoms with Crippen LogP contribution in [0.15, 0.2) is 51.3 Å². The van der Waals surface area contributed by atoms with Crippen molar-refractivity contribution in [2.24, 2.45) is 5.16 Å². The maximum atomic E-state index is 13.6. The molecule has 8 nitrogen and oxygen atoms in total. The molecule has 2 N–H and O–H groups in total. The molecule has 3 aromatic rings. The molecule has 0 unspecified atom stereocenters. The van der Waals surface area contributed by atoms with E-state index in [1.54, 1.807) is 32.9 Å². The zero-order valence-electron chi connectivity index (χ0n) is 17.2. The Labute approximate surface area is 176 Å². The van der Waals surface area contributed by atoms with Gasteiger partial charge >= 0.3 is 5.69 Å². The summed E-state index contributed by atoms with van der Waals surface area (Å²) in [5, 5.41) is 22.6. The fourth-order valence-electron chi connectivity index (χ4n) is 3.48. The van der Waals surface area contributed by atoms with Crippen molar-refractivity contribution in [3.63, 3.8) is 0 Å². The summed E-state index contributed by atoms with van der Waals surface area (Å²) in [6.45, 7) is 5.20. The molecule has 0 radical (unpaired) electrons. The summed E-state index contributed by atoms with van der Waals surface area (Å²) < 4.78 is 14.8. The Kier molecular flexibility index (Phi) is 6.11. The fraction of sp³-hybridized carbons (Fsp3) is 0.227. The normalized spacial score (nSPS) is 11.5. The van der Waals surface area contributed by atoms with Gasteiger partial charge in [-0.15, -0.1) is 0 Å². The highest BCUT2D eigenvalue weighted by Crippen LogP contribution is 2.21. The number of hydrogen-bond acceptors (Lipinski definition) is 6. The number of nitrogens with zero attached hydrogens (tertiary/aromatic N) is 4. The van der Waals surface area contributed by atoms with Gasteiger partial charge in [0.2, 0.25) is 5.95 Å². The molecule has 0 saturated heterocycles. The van der Waals surface area contributed by atoms with Gasteiger partial charge in [0, 0.05) is 17.3 Å². The molecule has 158 valence electrons. The number of rotatable bonds is 5. The lowest BCUT2D eigenvalue weighted by molar-refractivity contribution is 0.319. The minimum Gasteiger partial charge on any atom is -0.410 e. The average Bonchev–Trinajstić information content (AvgIpc) is 2.70. The Morgan fingerprint density at radius 1 is 1.32 bits per heavy atom. The first-order valence-corrected chi connectivity index (χ1v) is 9.47. The largest absolute Gasteiger partial charge is 0.410 e. The monoisotopic (exact) mass is 421 g/mol. The van der Waals surface area contributed by atoms with Crippen LogP contribution < -0.4 is 11.2 Å². The predicted molar refractivity (Wildman–Crippen MR) is 112 cm³/mol. The molecule has 0 aliphatic heterocycles. The highest BCUT2D eigenvalue weighted by Gasteiger charge is 2.24. The molecule has 1 aromatic carbocycles. The van der Waals surface area contributed by atoms with E-state index < -0.39 is 17.2 Å². The number of hydrogen-bond donors (Lipinski definition) is 2. The van der Waals surface area contributed by atoms with E-state index in [0.29, 0.717) is 16.7 Å². The highest BCUT2D eigenvalue weighted by molar-refractivity contribution is 6.12. The van der Waals surface area contributed by atoms with Crippen LogP contribution in [0.4, 0.5) is 4.39 Å². The smallest absolute Gasteiger partial charge is 0.329 e. The van der Waals surface area contributed by atoms with Crippen molar-refractivity contribution in [3.8, 4) is 6.07 Å². The molecule has 0 amide bonds. The molecule has 0 aliphatic rings. The number of halogens is 1. The van der Waals surface area contributed by atoms with E-state index in [9.17, 15) is 24.4 Å². The molecule has 9 heteroatoms. The lowest BCUT2D eigenvalue weighted by atomic mass is 9.94. The van der Waals surface area contributed by atoms with Crippen LogP contribution in [-0.2, 0) is 6.54 Å². The highest BCUT2D eigenvalue weighted by atomic mass is 19.1. The summed E-state index contributed by atoms with van der Waals surface area (Å²) in [7, 11) is 0. The number of benzene rings is 1. The van der Waals surface area contributed by atoms with Gasteiger partial charge in [-0.05, 0) is 54.3 Å². The summed E-state index contributed by atoms with van der Waals surface area (Å²) in [6.07, 6.45) is 1.27. The SMILES string of the molecule is Cc1cc(C#N)cc(C(=NO)c2c(C(C)C)c(=O)[nH]c(=O)n2Cc2ccnc(F)c2)c1. The lowest BCUT2D eigenvalue weighted by Crippen LogP contribution is -2.38. The third kappa shape index (κ3) is 4.43. The zero-order valence-corrected chi connectivity index (χ0v) is 17.2. The standard InChI is InChI=1S/C22H20FN5O3/c1-12(2)18-20(19(27-31)16-7-13(3)6-15(8-16)10-24)28(22(30)26-21(18)29)11-14-4-5-25-17(23)9-14/h4-9,12,31H,11H2,1-3H3,(H,26,29,30). The number of aromatic amines is 1. The van der Waals surface area contributed by atoms with Gasteiger partial charge in [-0.1, -0.05) is 19.0 Å². The van der Waals surface area contributed by atoms with Gasteiger partial charge in [0.1, 0.15) is 5.71 Å². The Balaban J connectivity index is 2.35. The van der Waals surface area contributed by atoms with Gasteiger partial charge in [-0.3, -0.25) is 14.3 Å². The van der Waals surface area contributed by atoms with Crippen LogP contribution >= 0.6 is 0 Å². The zero-order chi connectivity index (χ0) is 22.7. The molecule has 0 bridgehead atoms. The number of nitriles is 1. The molecule has 3 rings (SSSR count). The van der Waals surface area contributed by atoms with E-state index in [0.717, 1.165) is 5.56 Å². The average molecular weight is 421 g/mol. The fourth-order valence-corrected chi connectivity index (χ4v) is 3.48. The number of aromatic nitrogens is 3. The number of aryl methyl sites for hydroxylation is 1. The third-order valence-corrected chi connectivity index (χ3v) is 4.75. The second kappa shape index (κ2) is 8.75. The maximum Gasteiger partial charge on any atom is 0.329 e. The van der Waals surface area contributed by atoms with Crippen molar-refractivity contribution in [3.05, 3.63) is 96.8 Å². The Bertz CT molecular complexity index is 1330. The van der Waals surface area contributed by atoms with Gasteiger partial charge in [0.05, 0.1) is 23.9 Å². The Morgan fingerprint density at radius 2 is 2.06 bits per heavy atom. The number of pyridine rings is 1. The molecule has 0 saturated carbocycles. The molecular formula is C22H20FN5O3. The van der Waals surface area contributed by atoms with Crippen molar-refractivity contribution in [1.29, 1.82) is 5.26 Å². The predicted octanol–water partition coefficient (Wildman–Crippen LogP) is 2.65. The Morgan fingerprint density at radius 3 is 2.68 bits per heavy atom. The van der Waals surface area contributed by atoms with Crippen LogP contribution in [-0.4, -0.2) is 25.5 Å². The van der Waals surface area contributed by atoms with Gasteiger partial charge in [-0.2, -0.15) is 9.65 Å². The second-order valence-electron chi connectivity index (χ2n) is 7.40. The minimum absolute atomic E-state index is 0.0402. The third-order valence-electron chi connectivity index (χ3n) is 4.75. The summed E-state index contributed by atoms with van der Waals surface area (Å²) in [5.74, 6) is -1.05. The summed E-state index contributed by atoms with van der Waals surface area (Å²) in [4.78, 5) is 31.2. The molecule has 0 fully saturated rings. The number of H-pyrrole nitrogens is 1. The summed E-state index contributed by atoms with van der Waals surface area (Å²) in [5.41, 5.74) is 0.782. The first-order valence-electron chi connectivity index (χ1n) is 9.47. The van der Waals surface area contributed by atoms with Crippen molar-refractivity contribution < 1.29 is 9.60 Å².